The first-order valence-electron chi connectivity index (χ1n) is 7.00. The molecule has 4 heteroatoms. The SMILES string of the molecule is C[C@H]1C(=O)O[C@@H]2[C@H]1CC[C@]1(C)C=CC(=O)[C@@]3(C)O[C@@]213. The molecule has 0 amide bonds. The summed E-state index contributed by atoms with van der Waals surface area (Å²) in [5.74, 6) is -0.0465. The van der Waals surface area contributed by atoms with Crippen LogP contribution in [-0.4, -0.2) is 29.1 Å². The fraction of sp³-hybridized carbons (Fsp3) is 0.733. The van der Waals surface area contributed by atoms with Gasteiger partial charge < -0.3 is 9.47 Å². The number of carbonyl (C=O) groups excluding carboxylic acids is 2. The highest BCUT2D eigenvalue weighted by Crippen LogP contribution is 2.70. The molecule has 0 unspecified atom stereocenters. The average Bonchev–Trinajstić information content (AvgIpc) is 2.92. The zero-order valence-electron chi connectivity index (χ0n) is 11.4. The molecular formula is C15H18O4. The van der Waals surface area contributed by atoms with Crippen LogP contribution in [0.1, 0.15) is 33.6 Å². The van der Waals surface area contributed by atoms with E-state index in [0.29, 0.717) is 0 Å². The van der Waals surface area contributed by atoms with Crippen molar-refractivity contribution in [3.63, 3.8) is 0 Å². The van der Waals surface area contributed by atoms with E-state index in [9.17, 15) is 9.59 Å². The van der Waals surface area contributed by atoms with Crippen molar-refractivity contribution < 1.29 is 19.1 Å². The van der Waals surface area contributed by atoms with E-state index < -0.39 is 11.2 Å². The number of ketones is 1. The molecule has 0 N–H and O–H groups in total. The maximum atomic E-state index is 12.1. The Morgan fingerprint density at radius 1 is 1.32 bits per heavy atom. The first kappa shape index (κ1) is 11.6. The topological polar surface area (TPSA) is 55.9 Å². The molecule has 4 nitrogen and oxygen atoms in total. The second-order valence-corrected chi connectivity index (χ2v) is 6.83. The largest absolute Gasteiger partial charge is 0.459 e. The van der Waals surface area contributed by atoms with Gasteiger partial charge in [-0.25, -0.2) is 0 Å². The van der Waals surface area contributed by atoms with Crippen LogP contribution in [-0.2, 0) is 19.1 Å². The lowest BCUT2D eigenvalue weighted by Crippen LogP contribution is -2.58. The number of hydrogen-bond donors (Lipinski definition) is 0. The third-order valence-electron chi connectivity index (χ3n) is 6.00. The second-order valence-electron chi connectivity index (χ2n) is 6.83. The fourth-order valence-electron chi connectivity index (χ4n) is 4.67. The van der Waals surface area contributed by atoms with E-state index in [0.717, 1.165) is 12.8 Å². The molecule has 19 heavy (non-hydrogen) atoms. The van der Waals surface area contributed by atoms with Gasteiger partial charge in [0, 0.05) is 11.3 Å². The third kappa shape index (κ3) is 1.00. The Balaban J connectivity index is 1.86. The molecule has 1 spiro atoms. The predicted molar refractivity (Wildman–Crippen MR) is 66.2 cm³/mol. The Kier molecular flexibility index (Phi) is 1.81. The maximum Gasteiger partial charge on any atom is 0.309 e. The molecule has 2 aliphatic carbocycles. The number of carbonyl (C=O) groups is 2. The lowest BCUT2D eigenvalue weighted by molar-refractivity contribution is -0.149. The molecular weight excluding hydrogens is 244 g/mol. The third-order valence-corrected chi connectivity index (χ3v) is 6.00. The summed E-state index contributed by atoms with van der Waals surface area (Å²) >= 11 is 0. The summed E-state index contributed by atoms with van der Waals surface area (Å²) in [6, 6.07) is 0. The van der Waals surface area contributed by atoms with E-state index in [-0.39, 0.29) is 35.1 Å². The highest BCUT2D eigenvalue weighted by atomic mass is 16.7. The summed E-state index contributed by atoms with van der Waals surface area (Å²) in [7, 11) is 0. The standard InChI is InChI=1S/C15H18O4/c1-8-9-4-6-13(2)7-5-10(16)14(3)15(13,19-14)11(9)18-12(8)17/h5,7-9,11H,4,6H2,1-3H3/t8-,9+,11-,13-,14-,15+/m1/s1. The Labute approximate surface area is 112 Å². The summed E-state index contributed by atoms with van der Waals surface area (Å²) in [6.07, 6.45) is 5.23. The number of esters is 1. The van der Waals surface area contributed by atoms with Gasteiger partial charge in [-0.3, -0.25) is 9.59 Å². The highest BCUT2D eigenvalue weighted by Gasteiger charge is 2.85. The average molecular weight is 262 g/mol. The zero-order valence-corrected chi connectivity index (χ0v) is 11.4. The quantitative estimate of drug-likeness (QED) is 0.492. The van der Waals surface area contributed by atoms with Crippen LogP contribution in [0.25, 0.3) is 0 Å². The molecule has 2 saturated heterocycles. The van der Waals surface area contributed by atoms with Crippen molar-refractivity contribution in [3.05, 3.63) is 12.2 Å². The van der Waals surface area contributed by atoms with Crippen molar-refractivity contribution in [3.8, 4) is 0 Å². The van der Waals surface area contributed by atoms with Gasteiger partial charge in [0.25, 0.3) is 0 Å². The normalized spacial score (nSPS) is 58.2. The highest BCUT2D eigenvalue weighted by molar-refractivity contribution is 6.02. The maximum absolute atomic E-state index is 12.1. The lowest BCUT2D eigenvalue weighted by atomic mass is 9.55. The Hall–Kier alpha value is -1.16. The predicted octanol–water partition coefficient (Wildman–Crippen LogP) is 1.63. The lowest BCUT2D eigenvalue weighted by Gasteiger charge is -2.46. The fourth-order valence-corrected chi connectivity index (χ4v) is 4.67. The van der Waals surface area contributed by atoms with Crippen LogP contribution in [0.3, 0.4) is 0 Å². The van der Waals surface area contributed by atoms with E-state index in [1.54, 1.807) is 6.08 Å². The second kappa shape index (κ2) is 2.95. The summed E-state index contributed by atoms with van der Waals surface area (Å²) in [5.41, 5.74) is -1.64. The van der Waals surface area contributed by atoms with Gasteiger partial charge in [0.1, 0.15) is 6.10 Å². The molecule has 2 heterocycles. The van der Waals surface area contributed by atoms with E-state index in [1.165, 1.54) is 0 Å². The Bertz CT molecular complexity index is 538. The van der Waals surface area contributed by atoms with Crippen LogP contribution in [0.2, 0.25) is 0 Å². The van der Waals surface area contributed by atoms with Gasteiger partial charge >= 0.3 is 5.97 Å². The van der Waals surface area contributed by atoms with Crippen LogP contribution < -0.4 is 0 Å². The Morgan fingerprint density at radius 2 is 2.05 bits per heavy atom. The molecule has 4 rings (SSSR count). The monoisotopic (exact) mass is 262 g/mol. The van der Waals surface area contributed by atoms with E-state index in [1.807, 2.05) is 19.9 Å². The van der Waals surface area contributed by atoms with Gasteiger partial charge in [-0.05, 0) is 25.8 Å². The van der Waals surface area contributed by atoms with Crippen molar-refractivity contribution >= 4 is 11.8 Å². The molecule has 0 bridgehead atoms. The van der Waals surface area contributed by atoms with E-state index in [4.69, 9.17) is 9.47 Å². The van der Waals surface area contributed by atoms with Crippen molar-refractivity contribution in [1.82, 2.24) is 0 Å². The van der Waals surface area contributed by atoms with E-state index in [2.05, 4.69) is 6.92 Å². The van der Waals surface area contributed by atoms with Crippen molar-refractivity contribution in [1.29, 1.82) is 0 Å². The molecule has 0 radical (unpaired) electrons. The van der Waals surface area contributed by atoms with Crippen LogP contribution in [0.4, 0.5) is 0 Å². The number of ether oxygens (including phenoxy) is 2. The Morgan fingerprint density at radius 3 is 2.79 bits per heavy atom. The van der Waals surface area contributed by atoms with E-state index >= 15 is 0 Å². The number of hydrogen-bond acceptors (Lipinski definition) is 4. The number of rotatable bonds is 0. The van der Waals surface area contributed by atoms with Crippen LogP contribution in [0.5, 0.6) is 0 Å². The van der Waals surface area contributed by atoms with Crippen LogP contribution in [0, 0.1) is 17.3 Å². The van der Waals surface area contributed by atoms with Crippen molar-refractivity contribution in [2.24, 2.45) is 17.3 Å². The summed E-state index contributed by atoms with van der Waals surface area (Å²) in [6.45, 7) is 5.89. The number of epoxide rings is 1. The molecule has 4 aliphatic rings. The molecule has 0 aromatic carbocycles. The van der Waals surface area contributed by atoms with Gasteiger partial charge in [-0.15, -0.1) is 0 Å². The van der Waals surface area contributed by atoms with Gasteiger partial charge in [0.2, 0.25) is 0 Å². The van der Waals surface area contributed by atoms with Gasteiger partial charge in [0.05, 0.1) is 5.92 Å². The minimum absolute atomic E-state index is 0.00114. The molecule has 6 atom stereocenters. The molecule has 3 fully saturated rings. The van der Waals surface area contributed by atoms with Crippen LogP contribution in [0.15, 0.2) is 12.2 Å². The smallest absolute Gasteiger partial charge is 0.309 e. The summed E-state index contributed by atoms with van der Waals surface area (Å²) in [5, 5.41) is 0. The van der Waals surface area contributed by atoms with Gasteiger partial charge in [-0.2, -0.15) is 0 Å². The first-order valence-corrected chi connectivity index (χ1v) is 7.00. The molecule has 0 aromatic heterocycles. The van der Waals surface area contributed by atoms with Gasteiger partial charge in [0.15, 0.2) is 17.0 Å². The molecule has 0 aromatic rings. The molecule has 102 valence electrons. The van der Waals surface area contributed by atoms with Gasteiger partial charge in [-0.1, -0.05) is 19.9 Å². The summed E-state index contributed by atoms with van der Waals surface area (Å²) < 4.78 is 11.6. The molecule has 2 aliphatic heterocycles. The van der Waals surface area contributed by atoms with Crippen molar-refractivity contribution in [2.45, 2.75) is 50.9 Å². The minimum Gasteiger partial charge on any atom is -0.459 e. The minimum atomic E-state index is -0.801. The van der Waals surface area contributed by atoms with Crippen molar-refractivity contribution in [2.75, 3.05) is 0 Å². The molecule has 1 saturated carbocycles. The summed E-state index contributed by atoms with van der Waals surface area (Å²) in [4.78, 5) is 24.0. The van der Waals surface area contributed by atoms with Crippen LogP contribution >= 0.6 is 0 Å². The first-order chi connectivity index (χ1) is 8.86. The number of fused-ring (bicyclic) bond motifs is 1. The zero-order chi connectivity index (χ0) is 13.6.